The third-order valence-electron chi connectivity index (χ3n) is 3.23. The number of aromatic nitrogens is 1. The van der Waals surface area contributed by atoms with Gasteiger partial charge in [-0.15, -0.1) is 0 Å². The van der Waals surface area contributed by atoms with Gasteiger partial charge in [-0.05, 0) is 45.2 Å². The number of nitrogens with zero attached hydrogens (tertiary/aromatic N) is 2. The molecule has 2 heterocycles. The van der Waals surface area contributed by atoms with Crippen molar-refractivity contribution >= 4 is 11.5 Å². The Labute approximate surface area is 91.3 Å². The van der Waals surface area contributed by atoms with Crippen molar-refractivity contribution in [2.45, 2.75) is 39.2 Å². The van der Waals surface area contributed by atoms with Gasteiger partial charge in [-0.25, -0.2) is 4.98 Å². The Bertz CT molecular complexity index is 371. The predicted octanol–water partition coefficient (Wildman–Crippen LogP) is 2.35. The number of anilines is 2. The van der Waals surface area contributed by atoms with Crippen molar-refractivity contribution in [3.05, 3.63) is 17.8 Å². The fourth-order valence-corrected chi connectivity index (χ4v) is 2.37. The summed E-state index contributed by atoms with van der Waals surface area (Å²) >= 11 is 0. The lowest BCUT2D eigenvalue weighted by Crippen LogP contribution is -2.39. The Morgan fingerprint density at radius 2 is 2.20 bits per heavy atom. The molecule has 1 aliphatic rings. The van der Waals surface area contributed by atoms with Gasteiger partial charge < -0.3 is 10.6 Å². The zero-order chi connectivity index (χ0) is 11.1. The summed E-state index contributed by atoms with van der Waals surface area (Å²) in [4.78, 5) is 6.85. The Kier molecular flexibility index (Phi) is 2.33. The van der Waals surface area contributed by atoms with Gasteiger partial charge in [0.05, 0.1) is 11.9 Å². The van der Waals surface area contributed by atoms with Crippen molar-refractivity contribution in [3.8, 4) is 0 Å². The Morgan fingerprint density at radius 3 is 2.73 bits per heavy atom. The van der Waals surface area contributed by atoms with Crippen molar-refractivity contribution in [3.63, 3.8) is 0 Å². The fraction of sp³-hybridized carbons (Fsp3) is 0.583. The highest BCUT2D eigenvalue weighted by Gasteiger charge is 2.33. The number of hydrogen-bond acceptors (Lipinski definition) is 3. The minimum absolute atomic E-state index is 0.230. The van der Waals surface area contributed by atoms with Crippen LogP contribution in [0.1, 0.15) is 32.3 Å². The normalized spacial score (nSPS) is 19.5. The Morgan fingerprint density at radius 1 is 1.47 bits per heavy atom. The zero-order valence-corrected chi connectivity index (χ0v) is 9.75. The first kappa shape index (κ1) is 10.3. The second kappa shape index (κ2) is 3.40. The van der Waals surface area contributed by atoms with Gasteiger partial charge in [-0.3, -0.25) is 0 Å². The molecule has 2 N–H and O–H groups in total. The summed E-state index contributed by atoms with van der Waals surface area (Å²) in [5.74, 6) is 1.09. The van der Waals surface area contributed by atoms with Gasteiger partial charge in [0, 0.05) is 12.1 Å². The third-order valence-corrected chi connectivity index (χ3v) is 3.23. The van der Waals surface area contributed by atoms with Crippen LogP contribution in [-0.4, -0.2) is 17.1 Å². The van der Waals surface area contributed by atoms with Crippen LogP contribution in [0.15, 0.2) is 12.3 Å². The van der Waals surface area contributed by atoms with Crippen LogP contribution in [0.4, 0.5) is 11.5 Å². The Balaban J connectivity index is 2.37. The molecule has 15 heavy (non-hydrogen) atoms. The molecule has 0 atom stereocenters. The summed E-state index contributed by atoms with van der Waals surface area (Å²) < 4.78 is 0. The molecule has 1 saturated heterocycles. The van der Waals surface area contributed by atoms with E-state index < -0.39 is 0 Å². The number of hydrogen-bond donors (Lipinski definition) is 1. The molecule has 3 nitrogen and oxygen atoms in total. The van der Waals surface area contributed by atoms with Crippen LogP contribution in [0.25, 0.3) is 0 Å². The first-order chi connectivity index (χ1) is 7.00. The van der Waals surface area contributed by atoms with Crippen LogP contribution in [0.2, 0.25) is 0 Å². The molecular weight excluding hydrogens is 186 g/mol. The molecule has 0 amide bonds. The van der Waals surface area contributed by atoms with Crippen LogP contribution in [-0.2, 0) is 0 Å². The lowest BCUT2D eigenvalue weighted by atomic mass is 10.0. The van der Waals surface area contributed by atoms with Crippen molar-refractivity contribution < 1.29 is 0 Å². The number of rotatable bonds is 1. The Hall–Kier alpha value is -1.25. The largest absolute Gasteiger partial charge is 0.397 e. The molecule has 0 unspecified atom stereocenters. The molecule has 1 fully saturated rings. The molecular formula is C12H19N3. The van der Waals surface area contributed by atoms with E-state index in [-0.39, 0.29) is 5.54 Å². The maximum absolute atomic E-state index is 5.71. The second-order valence-corrected chi connectivity index (χ2v) is 4.98. The zero-order valence-electron chi connectivity index (χ0n) is 9.75. The smallest absolute Gasteiger partial charge is 0.132 e. The van der Waals surface area contributed by atoms with Gasteiger partial charge >= 0.3 is 0 Å². The van der Waals surface area contributed by atoms with E-state index in [1.807, 2.05) is 6.07 Å². The summed E-state index contributed by atoms with van der Waals surface area (Å²) in [7, 11) is 0. The average Bonchev–Trinajstić information content (AvgIpc) is 2.46. The van der Waals surface area contributed by atoms with Crippen molar-refractivity contribution in [2.75, 3.05) is 17.2 Å². The van der Waals surface area contributed by atoms with Crippen molar-refractivity contribution in [2.24, 2.45) is 0 Å². The van der Waals surface area contributed by atoms with E-state index in [1.54, 1.807) is 6.20 Å². The molecule has 1 aromatic heterocycles. The van der Waals surface area contributed by atoms with Crippen LogP contribution in [0.3, 0.4) is 0 Å². The molecule has 0 aromatic carbocycles. The van der Waals surface area contributed by atoms with Crippen molar-refractivity contribution in [1.29, 1.82) is 0 Å². The lowest BCUT2D eigenvalue weighted by Gasteiger charge is -2.33. The first-order valence-electron chi connectivity index (χ1n) is 5.50. The maximum atomic E-state index is 5.71. The molecule has 1 aliphatic heterocycles. The predicted molar refractivity (Wildman–Crippen MR) is 64.0 cm³/mol. The van der Waals surface area contributed by atoms with Crippen LogP contribution in [0, 0.1) is 6.92 Å². The average molecular weight is 205 g/mol. The van der Waals surface area contributed by atoms with E-state index >= 15 is 0 Å². The molecule has 0 saturated carbocycles. The van der Waals surface area contributed by atoms with Crippen LogP contribution >= 0.6 is 0 Å². The molecule has 82 valence electrons. The minimum Gasteiger partial charge on any atom is -0.397 e. The standard InChI is InChI=1S/C12H19N3/c1-9-7-10(13)8-14-11(9)15-6-4-5-12(15,2)3/h7-8H,4-6,13H2,1-3H3. The summed E-state index contributed by atoms with van der Waals surface area (Å²) in [6.45, 7) is 7.73. The third kappa shape index (κ3) is 1.78. The second-order valence-electron chi connectivity index (χ2n) is 4.98. The van der Waals surface area contributed by atoms with E-state index in [4.69, 9.17) is 5.73 Å². The van der Waals surface area contributed by atoms with Crippen LogP contribution in [0.5, 0.6) is 0 Å². The SMILES string of the molecule is Cc1cc(N)cnc1N1CCCC1(C)C. The van der Waals surface area contributed by atoms with Gasteiger partial charge in [0.15, 0.2) is 0 Å². The number of aryl methyl sites for hydroxylation is 1. The number of pyridine rings is 1. The quantitative estimate of drug-likeness (QED) is 0.765. The van der Waals surface area contributed by atoms with E-state index in [9.17, 15) is 0 Å². The van der Waals surface area contributed by atoms with Gasteiger partial charge in [0.25, 0.3) is 0 Å². The topological polar surface area (TPSA) is 42.1 Å². The van der Waals surface area contributed by atoms with E-state index in [2.05, 4.69) is 30.7 Å². The monoisotopic (exact) mass is 205 g/mol. The molecule has 0 spiro atoms. The molecule has 0 bridgehead atoms. The van der Waals surface area contributed by atoms with Crippen molar-refractivity contribution in [1.82, 2.24) is 4.98 Å². The molecule has 3 heteroatoms. The summed E-state index contributed by atoms with van der Waals surface area (Å²) in [6, 6.07) is 2.00. The maximum Gasteiger partial charge on any atom is 0.132 e. The molecule has 0 aliphatic carbocycles. The van der Waals surface area contributed by atoms with Crippen LogP contribution < -0.4 is 10.6 Å². The van der Waals surface area contributed by atoms with Gasteiger partial charge in [0.1, 0.15) is 5.82 Å². The van der Waals surface area contributed by atoms with E-state index in [1.165, 1.54) is 18.4 Å². The first-order valence-corrected chi connectivity index (χ1v) is 5.50. The van der Waals surface area contributed by atoms with E-state index in [0.717, 1.165) is 18.1 Å². The van der Waals surface area contributed by atoms with Gasteiger partial charge in [-0.2, -0.15) is 0 Å². The highest BCUT2D eigenvalue weighted by atomic mass is 15.3. The lowest BCUT2D eigenvalue weighted by molar-refractivity contribution is 0.513. The number of nitrogens with two attached hydrogens (primary N) is 1. The molecule has 2 rings (SSSR count). The van der Waals surface area contributed by atoms with Gasteiger partial charge in [-0.1, -0.05) is 0 Å². The van der Waals surface area contributed by atoms with E-state index in [0.29, 0.717) is 0 Å². The fourth-order valence-electron chi connectivity index (χ4n) is 2.37. The van der Waals surface area contributed by atoms with Gasteiger partial charge in [0.2, 0.25) is 0 Å². The highest BCUT2D eigenvalue weighted by Crippen LogP contribution is 2.34. The molecule has 0 radical (unpaired) electrons. The number of nitrogen functional groups attached to an aromatic ring is 1. The molecule has 1 aromatic rings. The summed E-state index contributed by atoms with van der Waals surface area (Å²) in [6.07, 6.45) is 4.23. The summed E-state index contributed by atoms with van der Waals surface area (Å²) in [5, 5.41) is 0. The summed E-state index contributed by atoms with van der Waals surface area (Å²) in [5.41, 5.74) is 7.86. The minimum atomic E-state index is 0.230. The highest BCUT2D eigenvalue weighted by molar-refractivity contribution is 5.54.